The van der Waals surface area contributed by atoms with Crippen LogP contribution in [0.1, 0.15) is 0 Å². The van der Waals surface area contributed by atoms with Gasteiger partial charge in [-0.05, 0) is 0 Å². The van der Waals surface area contributed by atoms with Crippen molar-refractivity contribution in [3.8, 4) is 0 Å². The zero-order valence-electron chi connectivity index (χ0n) is 4.66. The molecule has 0 saturated heterocycles. The Hall–Kier alpha value is -0.460. The van der Waals surface area contributed by atoms with Gasteiger partial charge in [0.05, 0.1) is 6.54 Å². The Morgan fingerprint density at radius 1 is 1.78 bits per heavy atom. The molecule has 4 N–H and O–H groups in total. The minimum Gasteiger partial charge on any atom is -0.341 e. The lowest BCUT2D eigenvalue weighted by molar-refractivity contribution is -0.119. The van der Waals surface area contributed by atoms with Crippen molar-refractivity contribution in [3.05, 3.63) is 0 Å². The summed E-state index contributed by atoms with van der Waals surface area (Å²) in [6, 6.07) is 0. The molecular formula is C3H8N2O3S. The molecule has 0 bridgehead atoms. The van der Waals surface area contributed by atoms with Crippen LogP contribution >= 0.6 is 0 Å². The fourth-order valence-electron chi connectivity index (χ4n) is 0.214. The Kier molecular flexibility index (Phi) is 4.20. The Balaban J connectivity index is 3.28. The molecule has 9 heavy (non-hydrogen) atoms. The number of hydrogen-bond donors (Lipinski definition) is 3. The van der Waals surface area contributed by atoms with Crippen LogP contribution in [-0.4, -0.2) is 27.1 Å². The van der Waals surface area contributed by atoms with Crippen molar-refractivity contribution in [1.82, 2.24) is 5.32 Å². The van der Waals surface area contributed by atoms with Gasteiger partial charge in [-0.3, -0.25) is 4.79 Å². The molecule has 0 heterocycles. The van der Waals surface area contributed by atoms with Crippen LogP contribution in [0, 0.1) is 0 Å². The van der Waals surface area contributed by atoms with Crippen LogP contribution in [-0.2, 0) is 15.9 Å². The minimum atomic E-state index is -1.98. The van der Waals surface area contributed by atoms with Gasteiger partial charge < -0.3 is 15.6 Å². The topological polar surface area (TPSA) is 92.4 Å². The third-order valence-corrected chi connectivity index (χ3v) is 0.969. The fourth-order valence-corrected chi connectivity index (χ4v) is 0.499. The van der Waals surface area contributed by atoms with Crippen molar-refractivity contribution < 1.29 is 13.6 Å². The molecule has 0 fully saturated rings. The smallest absolute Gasteiger partial charge is 0.234 e. The van der Waals surface area contributed by atoms with Gasteiger partial charge in [0.1, 0.15) is 5.88 Å². The molecule has 5 nitrogen and oxygen atoms in total. The highest BCUT2D eigenvalue weighted by atomic mass is 32.2. The van der Waals surface area contributed by atoms with E-state index in [0.717, 1.165) is 0 Å². The predicted molar refractivity (Wildman–Crippen MR) is 32.8 cm³/mol. The number of nitrogens with one attached hydrogen (secondary N) is 1. The maximum atomic E-state index is 10.2. The quantitative estimate of drug-likeness (QED) is 0.418. The highest BCUT2D eigenvalue weighted by Crippen LogP contribution is 1.66. The Morgan fingerprint density at radius 2 is 2.33 bits per heavy atom. The van der Waals surface area contributed by atoms with E-state index < -0.39 is 17.0 Å². The summed E-state index contributed by atoms with van der Waals surface area (Å²) in [5.41, 5.74) is 4.87. The second-order valence-electron chi connectivity index (χ2n) is 1.27. The molecule has 1 amide bonds. The van der Waals surface area contributed by atoms with Crippen molar-refractivity contribution in [3.63, 3.8) is 0 Å². The molecule has 0 aromatic rings. The molecule has 0 aromatic heterocycles. The van der Waals surface area contributed by atoms with Crippen molar-refractivity contribution in [2.24, 2.45) is 5.73 Å². The average Bonchev–Trinajstić information content (AvgIpc) is 1.83. The summed E-state index contributed by atoms with van der Waals surface area (Å²) in [7, 11) is 0. The van der Waals surface area contributed by atoms with E-state index in [1.165, 1.54) is 0 Å². The molecule has 6 heteroatoms. The summed E-state index contributed by atoms with van der Waals surface area (Å²) < 4.78 is 18.0. The van der Waals surface area contributed by atoms with E-state index >= 15 is 0 Å². The highest BCUT2D eigenvalue weighted by Gasteiger charge is 1.96. The molecule has 0 spiro atoms. The summed E-state index contributed by atoms with van der Waals surface area (Å²) in [4.78, 5) is 10.2. The van der Waals surface area contributed by atoms with Crippen molar-refractivity contribution in [1.29, 1.82) is 0 Å². The van der Waals surface area contributed by atoms with Crippen molar-refractivity contribution in [2.75, 3.05) is 12.4 Å². The van der Waals surface area contributed by atoms with Gasteiger partial charge in [0.25, 0.3) is 0 Å². The first kappa shape index (κ1) is 8.54. The largest absolute Gasteiger partial charge is 0.341 e. The molecule has 54 valence electrons. The molecule has 1 unspecified atom stereocenters. The number of amides is 1. The Morgan fingerprint density at radius 3 is 2.67 bits per heavy atom. The third kappa shape index (κ3) is 5.41. The molecule has 0 saturated carbocycles. The van der Waals surface area contributed by atoms with E-state index in [1.807, 2.05) is 0 Å². The minimum absolute atomic E-state index is 0.156. The van der Waals surface area contributed by atoms with E-state index in [1.54, 1.807) is 0 Å². The lowest BCUT2D eigenvalue weighted by Gasteiger charge is -1.96. The molecule has 0 aromatic carbocycles. The number of carbonyl (C=O) groups excluding carboxylic acids is 1. The molecule has 0 radical (unpaired) electrons. The van der Waals surface area contributed by atoms with Crippen LogP contribution in [0.2, 0.25) is 0 Å². The summed E-state index contributed by atoms with van der Waals surface area (Å²) in [6.07, 6.45) is 0. The van der Waals surface area contributed by atoms with E-state index in [9.17, 15) is 9.00 Å². The first-order valence-electron chi connectivity index (χ1n) is 2.21. The monoisotopic (exact) mass is 152 g/mol. The zero-order chi connectivity index (χ0) is 7.28. The molecule has 0 aliphatic rings. The van der Waals surface area contributed by atoms with Crippen LogP contribution in [0.25, 0.3) is 0 Å². The van der Waals surface area contributed by atoms with Crippen LogP contribution in [0.3, 0.4) is 0 Å². The van der Waals surface area contributed by atoms with Gasteiger partial charge in [-0.1, -0.05) is 0 Å². The summed E-state index contributed by atoms with van der Waals surface area (Å²) >= 11 is -1.98. The van der Waals surface area contributed by atoms with Gasteiger partial charge in [0.2, 0.25) is 5.91 Å². The van der Waals surface area contributed by atoms with E-state index in [-0.39, 0.29) is 12.4 Å². The van der Waals surface area contributed by atoms with Crippen LogP contribution in [0.15, 0.2) is 0 Å². The number of carbonyl (C=O) groups is 1. The second kappa shape index (κ2) is 4.42. The SMILES string of the molecule is NCC(=O)NCS(=O)O. The molecule has 0 aliphatic carbocycles. The zero-order valence-corrected chi connectivity index (χ0v) is 5.48. The van der Waals surface area contributed by atoms with E-state index in [0.29, 0.717) is 0 Å². The molecule has 0 aliphatic heterocycles. The van der Waals surface area contributed by atoms with Crippen LogP contribution in [0.4, 0.5) is 0 Å². The maximum Gasteiger partial charge on any atom is 0.234 e. The molecular weight excluding hydrogens is 144 g/mol. The molecule has 1 atom stereocenters. The number of nitrogens with two attached hydrogens (primary N) is 1. The molecule has 0 rings (SSSR count). The normalized spacial score (nSPS) is 12.7. The summed E-state index contributed by atoms with van der Waals surface area (Å²) in [5, 5.41) is 2.12. The van der Waals surface area contributed by atoms with Crippen LogP contribution < -0.4 is 11.1 Å². The van der Waals surface area contributed by atoms with Crippen molar-refractivity contribution >= 4 is 17.0 Å². The first-order chi connectivity index (χ1) is 4.16. The van der Waals surface area contributed by atoms with Gasteiger partial charge in [-0.15, -0.1) is 0 Å². The lowest BCUT2D eigenvalue weighted by atomic mass is 10.6. The van der Waals surface area contributed by atoms with E-state index in [4.69, 9.17) is 10.3 Å². The number of hydrogen-bond acceptors (Lipinski definition) is 3. The number of rotatable bonds is 3. The maximum absolute atomic E-state index is 10.2. The van der Waals surface area contributed by atoms with Crippen molar-refractivity contribution in [2.45, 2.75) is 0 Å². The van der Waals surface area contributed by atoms with Gasteiger partial charge in [0, 0.05) is 0 Å². The summed E-state index contributed by atoms with van der Waals surface area (Å²) in [6.45, 7) is -0.156. The highest BCUT2D eigenvalue weighted by molar-refractivity contribution is 7.79. The first-order valence-corrected chi connectivity index (χ1v) is 3.48. The fraction of sp³-hybridized carbons (Fsp3) is 0.667. The van der Waals surface area contributed by atoms with Crippen LogP contribution in [0.5, 0.6) is 0 Å². The predicted octanol–water partition coefficient (Wildman–Crippen LogP) is -1.76. The standard InChI is InChI=1S/C3H8N2O3S/c4-1-3(6)5-2-9(7)8/h1-2,4H2,(H,5,6)(H,7,8). The Bertz CT molecular complexity index is 126. The lowest BCUT2D eigenvalue weighted by Crippen LogP contribution is -2.32. The second-order valence-corrected chi connectivity index (χ2v) is 2.20. The van der Waals surface area contributed by atoms with Gasteiger partial charge in [-0.2, -0.15) is 0 Å². The van der Waals surface area contributed by atoms with Gasteiger partial charge in [-0.25, -0.2) is 4.21 Å². The Labute approximate surface area is 54.9 Å². The van der Waals surface area contributed by atoms with E-state index in [2.05, 4.69) is 5.32 Å². The third-order valence-electron chi connectivity index (χ3n) is 0.578. The summed E-state index contributed by atoms with van der Waals surface area (Å²) in [5.74, 6) is -0.687. The van der Waals surface area contributed by atoms with Gasteiger partial charge >= 0.3 is 0 Å². The van der Waals surface area contributed by atoms with Gasteiger partial charge in [0.15, 0.2) is 11.1 Å². The average molecular weight is 152 g/mol.